The number of nitrogens with one attached hydrogen (secondary N) is 2. The maximum Gasteiger partial charge on any atom is 0.255 e. The molecule has 1 atom stereocenters. The number of hydrogen-bond acceptors (Lipinski definition) is 2. The van der Waals surface area contributed by atoms with Crippen LogP contribution >= 0.6 is 11.6 Å². The lowest BCUT2D eigenvalue weighted by Gasteiger charge is -2.15. The van der Waals surface area contributed by atoms with Crippen LogP contribution in [0.2, 0.25) is 5.02 Å². The highest BCUT2D eigenvalue weighted by Gasteiger charge is 2.08. The highest BCUT2D eigenvalue weighted by atomic mass is 35.5. The van der Waals surface area contributed by atoms with E-state index in [-0.39, 0.29) is 11.9 Å². The molecule has 0 saturated heterocycles. The molecule has 3 rings (SSSR count). The molecule has 27 heavy (non-hydrogen) atoms. The number of rotatable bonds is 6. The van der Waals surface area contributed by atoms with Crippen LogP contribution in [0.1, 0.15) is 40.0 Å². The van der Waals surface area contributed by atoms with Gasteiger partial charge < -0.3 is 10.6 Å². The molecule has 0 aromatic heterocycles. The van der Waals surface area contributed by atoms with E-state index in [4.69, 9.17) is 11.6 Å². The van der Waals surface area contributed by atoms with Gasteiger partial charge in [0.2, 0.25) is 0 Å². The van der Waals surface area contributed by atoms with Gasteiger partial charge in [-0.2, -0.15) is 0 Å². The van der Waals surface area contributed by atoms with Gasteiger partial charge in [0.15, 0.2) is 0 Å². The largest absolute Gasteiger partial charge is 0.322 e. The molecule has 3 nitrogen and oxygen atoms in total. The van der Waals surface area contributed by atoms with Gasteiger partial charge in [-0.25, -0.2) is 0 Å². The molecule has 0 fully saturated rings. The molecule has 138 valence electrons. The van der Waals surface area contributed by atoms with E-state index in [1.54, 1.807) is 0 Å². The Labute approximate surface area is 165 Å². The van der Waals surface area contributed by atoms with Gasteiger partial charge in [0.05, 0.1) is 0 Å². The Morgan fingerprint density at radius 1 is 1.00 bits per heavy atom. The first-order chi connectivity index (χ1) is 13.0. The zero-order valence-corrected chi connectivity index (χ0v) is 16.3. The van der Waals surface area contributed by atoms with E-state index in [1.165, 1.54) is 5.56 Å². The second-order valence-electron chi connectivity index (χ2n) is 6.67. The van der Waals surface area contributed by atoms with Crippen molar-refractivity contribution in [3.8, 4) is 0 Å². The lowest BCUT2D eigenvalue weighted by atomic mass is 10.1. The number of halogens is 1. The smallest absolute Gasteiger partial charge is 0.255 e. The standard InChI is InChI=1S/C23H23ClN2O/c1-16-6-8-20(9-7-16)23(27)26-22-5-3-4-18(14-22)15-25-17(2)19-10-12-21(24)13-11-19/h3-14,17,25H,15H2,1-2H3,(H,26,27)/t17-/m0/s1. The van der Waals surface area contributed by atoms with Crippen LogP contribution in [0, 0.1) is 6.92 Å². The second-order valence-corrected chi connectivity index (χ2v) is 7.11. The number of hydrogen-bond donors (Lipinski definition) is 2. The van der Waals surface area contributed by atoms with E-state index in [9.17, 15) is 4.79 Å². The summed E-state index contributed by atoms with van der Waals surface area (Å²) in [5.74, 6) is -0.102. The molecule has 0 aliphatic heterocycles. The Morgan fingerprint density at radius 2 is 1.70 bits per heavy atom. The predicted octanol–water partition coefficient (Wildman–Crippen LogP) is 5.75. The van der Waals surface area contributed by atoms with Crippen molar-refractivity contribution >= 4 is 23.2 Å². The summed E-state index contributed by atoms with van der Waals surface area (Å²) in [6, 6.07) is 23.5. The molecule has 0 spiro atoms. The minimum Gasteiger partial charge on any atom is -0.322 e. The zero-order chi connectivity index (χ0) is 19.2. The van der Waals surface area contributed by atoms with Gasteiger partial charge in [0.25, 0.3) is 5.91 Å². The van der Waals surface area contributed by atoms with Gasteiger partial charge in [0, 0.05) is 28.9 Å². The first-order valence-electron chi connectivity index (χ1n) is 8.97. The number of anilines is 1. The molecule has 0 saturated carbocycles. The maximum atomic E-state index is 12.4. The topological polar surface area (TPSA) is 41.1 Å². The van der Waals surface area contributed by atoms with Gasteiger partial charge >= 0.3 is 0 Å². The number of amides is 1. The van der Waals surface area contributed by atoms with E-state index in [2.05, 4.69) is 17.6 Å². The summed E-state index contributed by atoms with van der Waals surface area (Å²) in [6.45, 7) is 4.83. The highest BCUT2D eigenvalue weighted by molar-refractivity contribution is 6.30. The zero-order valence-electron chi connectivity index (χ0n) is 15.5. The second kappa shape index (κ2) is 8.85. The van der Waals surface area contributed by atoms with Crippen LogP contribution < -0.4 is 10.6 Å². The summed E-state index contributed by atoms with van der Waals surface area (Å²) in [5, 5.41) is 7.20. The quantitative estimate of drug-likeness (QED) is 0.573. The minimum atomic E-state index is -0.102. The third kappa shape index (κ3) is 5.43. The molecule has 2 N–H and O–H groups in total. The van der Waals surface area contributed by atoms with Gasteiger partial charge in [-0.15, -0.1) is 0 Å². The first kappa shape index (κ1) is 19.2. The van der Waals surface area contributed by atoms with E-state index >= 15 is 0 Å². The van der Waals surface area contributed by atoms with Gasteiger partial charge in [0.1, 0.15) is 0 Å². The first-order valence-corrected chi connectivity index (χ1v) is 9.35. The van der Waals surface area contributed by atoms with E-state index in [0.29, 0.717) is 12.1 Å². The molecule has 1 amide bonds. The minimum absolute atomic E-state index is 0.102. The molecule has 3 aromatic rings. The molecule has 0 radical (unpaired) electrons. The summed E-state index contributed by atoms with van der Waals surface area (Å²) in [7, 11) is 0. The molecule has 3 aromatic carbocycles. The Kier molecular flexibility index (Phi) is 6.28. The van der Waals surface area contributed by atoms with Crippen LogP contribution in [0.4, 0.5) is 5.69 Å². The summed E-state index contributed by atoms with van der Waals surface area (Å²) in [5.41, 5.74) is 4.87. The monoisotopic (exact) mass is 378 g/mol. The van der Waals surface area contributed by atoms with E-state index in [1.807, 2.05) is 79.7 Å². The van der Waals surface area contributed by atoms with Crippen molar-refractivity contribution in [3.05, 3.63) is 100 Å². The third-order valence-electron chi connectivity index (χ3n) is 4.48. The Balaban J connectivity index is 1.60. The Bertz CT molecular complexity index is 904. The highest BCUT2D eigenvalue weighted by Crippen LogP contribution is 2.18. The van der Waals surface area contributed by atoms with Gasteiger partial charge in [-0.05, 0) is 61.4 Å². The lowest BCUT2D eigenvalue weighted by molar-refractivity contribution is 0.102. The summed E-state index contributed by atoms with van der Waals surface area (Å²) in [6.07, 6.45) is 0. The number of carbonyl (C=O) groups excluding carboxylic acids is 1. The SMILES string of the molecule is Cc1ccc(C(=O)Nc2cccc(CN[C@@H](C)c3ccc(Cl)cc3)c2)cc1. The summed E-state index contributed by atoms with van der Waals surface area (Å²) >= 11 is 5.95. The Morgan fingerprint density at radius 3 is 2.41 bits per heavy atom. The molecule has 0 aliphatic rings. The van der Waals surface area contributed by atoms with Crippen molar-refractivity contribution in [2.24, 2.45) is 0 Å². The molecule has 0 unspecified atom stereocenters. The third-order valence-corrected chi connectivity index (χ3v) is 4.73. The van der Waals surface area contributed by atoms with Crippen molar-refractivity contribution in [1.82, 2.24) is 5.32 Å². The van der Waals surface area contributed by atoms with Crippen LogP contribution in [-0.4, -0.2) is 5.91 Å². The van der Waals surface area contributed by atoms with Gasteiger partial charge in [-0.3, -0.25) is 4.79 Å². The van der Waals surface area contributed by atoms with Crippen molar-refractivity contribution in [3.63, 3.8) is 0 Å². The molecule has 0 heterocycles. The average molecular weight is 379 g/mol. The van der Waals surface area contributed by atoms with Crippen LogP contribution in [0.3, 0.4) is 0 Å². The fourth-order valence-electron chi connectivity index (χ4n) is 2.81. The number of aryl methyl sites for hydroxylation is 1. The fraction of sp³-hybridized carbons (Fsp3) is 0.174. The molecule has 0 bridgehead atoms. The van der Waals surface area contributed by atoms with Crippen LogP contribution in [-0.2, 0) is 6.54 Å². The van der Waals surface area contributed by atoms with Crippen molar-refractivity contribution in [1.29, 1.82) is 0 Å². The summed E-state index contributed by atoms with van der Waals surface area (Å²) in [4.78, 5) is 12.4. The van der Waals surface area contributed by atoms with Crippen molar-refractivity contribution in [2.75, 3.05) is 5.32 Å². The van der Waals surface area contributed by atoms with Crippen LogP contribution in [0.15, 0.2) is 72.8 Å². The molecular formula is C23H23ClN2O. The lowest BCUT2D eigenvalue weighted by Crippen LogP contribution is -2.18. The summed E-state index contributed by atoms with van der Waals surface area (Å²) < 4.78 is 0. The van der Waals surface area contributed by atoms with E-state index < -0.39 is 0 Å². The fourth-order valence-corrected chi connectivity index (χ4v) is 2.93. The van der Waals surface area contributed by atoms with E-state index in [0.717, 1.165) is 21.8 Å². The van der Waals surface area contributed by atoms with Crippen molar-refractivity contribution in [2.45, 2.75) is 26.4 Å². The maximum absolute atomic E-state index is 12.4. The Hall–Kier alpha value is -2.62. The number of benzene rings is 3. The average Bonchev–Trinajstić information content (AvgIpc) is 2.67. The van der Waals surface area contributed by atoms with Gasteiger partial charge in [-0.1, -0.05) is 53.6 Å². The molecule has 0 aliphatic carbocycles. The van der Waals surface area contributed by atoms with Crippen LogP contribution in [0.25, 0.3) is 0 Å². The normalized spacial score (nSPS) is 11.8. The van der Waals surface area contributed by atoms with Crippen LogP contribution in [0.5, 0.6) is 0 Å². The molecule has 4 heteroatoms. The predicted molar refractivity (Wildman–Crippen MR) is 112 cm³/mol. The van der Waals surface area contributed by atoms with Crippen molar-refractivity contribution < 1.29 is 4.79 Å². The number of carbonyl (C=O) groups is 1. The molecular weight excluding hydrogens is 356 g/mol.